The number of carbonyl (C=O) groups is 10. The van der Waals surface area contributed by atoms with Crippen molar-refractivity contribution in [3.05, 3.63) is 72.1 Å². The Labute approximate surface area is 550 Å². The number of benzene rings is 2. The fourth-order valence-corrected chi connectivity index (χ4v) is 12.0. The predicted molar refractivity (Wildman–Crippen MR) is 336 cm³/mol. The lowest BCUT2D eigenvalue weighted by Gasteiger charge is -2.44. The lowest BCUT2D eigenvalue weighted by Crippen LogP contribution is -2.59. The van der Waals surface area contributed by atoms with Gasteiger partial charge in [0.1, 0.15) is 23.6 Å². The molecule has 3 aliphatic rings. The molecule has 32 heteroatoms. The van der Waals surface area contributed by atoms with Crippen LogP contribution in [0.1, 0.15) is 105 Å². The first kappa shape index (κ1) is 74.1. The summed E-state index contributed by atoms with van der Waals surface area (Å²) in [5.74, 6) is -13.2. The van der Waals surface area contributed by atoms with Crippen molar-refractivity contribution in [1.29, 1.82) is 5.26 Å². The molecule has 5 heterocycles. The Hall–Kier alpha value is -9.35. The van der Waals surface area contributed by atoms with Gasteiger partial charge in [-0.3, -0.25) is 72.6 Å². The standard InChI is InChI=1S/C64H81F4N13O15/c1-41-29-63(65,66)39-80(41)54(84)32-74-59(92)45-16-21-70-49-12-10-43(27-47(45)49)95-25-7-5-19-72-52(82)15-14-51(76-53(83)9-3-4-18-62(77(2)34-56(86)87)37-78(35-57(88)89)23-24-79(38-62)36-58(90)91)61(94)73-20-6-8-26-96-44-11-13-50-48(28-44)46(17-22-71-50)60(93)75-33-55(85)81-40-64(67,68)30-42(81)31-69/h10-13,16-17,21-22,27-28,41-42,51H,3-9,14-15,18-20,23-26,29-30,32-40H2,1-2H3,(H,72,82)(H,73,94)(H,74,92)(H,75,93)(H,76,83)(H,86,87)(H,88,89)(H,90,91)/t41?,42-,51-/m0/s1. The first-order chi connectivity index (χ1) is 45.6. The molecule has 520 valence electrons. The minimum atomic E-state index is -3.23. The Balaban J connectivity index is 0.907. The van der Waals surface area contributed by atoms with Gasteiger partial charge in [0.2, 0.25) is 29.5 Å². The minimum Gasteiger partial charge on any atom is -0.494 e. The van der Waals surface area contributed by atoms with Gasteiger partial charge in [-0.25, -0.2) is 17.6 Å². The van der Waals surface area contributed by atoms with E-state index < -0.39 is 140 Å². The Kier molecular flexibility index (Phi) is 26.5. The second kappa shape index (κ2) is 34.4. The molecule has 96 heavy (non-hydrogen) atoms. The van der Waals surface area contributed by atoms with Crippen LogP contribution in [0.15, 0.2) is 60.9 Å². The van der Waals surface area contributed by atoms with Gasteiger partial charge in [0.15, 0.2) is 0 Å². The van der Waals surface area contributed by atoms with Gasteiger partial charge in [-0.2, -0.15) is 5.26 Å². The number of unbranched alkanes of at least 4 members (excludes halogenated alkanes) is 3. The number of ether oxygens (including phenoxy) is 2. The van der Waals surface area contributed by atoms with Crippen LogP contribution in [0, 0.1) is 11.3 Å². The summed E-state index contributed by atoms with van der Waals surface area (Å²) < 4.78 is 67.7. The first-order valence-corrected chi connectivity index (χ1v) is 31.6. The highest BCUT2D eigenvalue weighted by molar-refractivity contribution is 6.08. The summed E-state index contributed by atoms with van der Waals surface area (Å²) in [6.07, 6.45) is 3.72. The van der Waals surface area contributed by atoms with E-state index in [0.29, 0.717) is 65.4 Å². The first-order valence-electron chi connectivity index (χ1n) is 31.6. The fourth-order valence-electron chi connectivity index (χ4n) is 12.0. The lowest BCUT2D eigenvalue weighted by molar-refractivity contribution is -0.142. The minimum absolute atomic E-state index is 0.101. The van der Waals surface area contributed by atoms with E-state index in [9.17, 15) is 86.1 Å². The second-order valence-electron chi connectivity index (χ2n) is 24.4. The van der Waals surface area contributed by atoms with E-state index in [-0.39, 0.29) is 109 Å². The number of hydrogen-bond donors (Lipinski definition) is 8. The molecular formula is C64H81F4N13O15. The summed E-state index contributed by atoms with van der Waals surface area (Å²) in [4.78, 5) is 144. The molecule has 2 aromatic heterocycles. The van der Waals surface area contributed by atoms with E-state index in [0.717, 1.165) is 9.80 Å². The second-order valence-corrected chi connectivity index (χ2v) is 24.4. The van der Waals surface area contributed by atoms with Crippen LogP contribution in [0.25, 0.3) is 21.8 Å². The summed E-state index contributed by atoms with van der Waals surface area (Å²) in [6.45, 7) is -1.08. The number of rotatable bonds is 35. The number of carboxylic acid groups (broad SMARTS) is 3. The molecule has 3 saturated heterocycles. The van der Waals surface area contributed by atoms with E-state index in [1.807, 2.05) is 0 Å². The monoisotopic (exact) mass is 1350 g/mol. The summed E-state index contributed by atoms with van der Waals surface area (Å²) in [6, 6.07) is 11.1. The SMILES string of the molecule is CC1CC(F)(F)CN1C(=O)CNC(=O)c1ccnc2ccc(OCCCCNC(=O)CC[C@H](NC(=O)CCCCC3(N(C)CC(=O)O)CN(CC(=O)O)CCN(CC(=O)O)C3)C(=O)NCCCCOc3ccc4nccc(C(=O)NCC(=O)N5CC(F)(F)C[C@H]5C#N)c4c3)cc12. The molecule has 4 aromatic rings. The number of carboxylic acids is 3. The fraction of sp³-hybridized carbons (Fsp3) is 0.547. The zero-order chi connectivity index (χ0) is 69.7. The van der Waals surface area contributed by atoms with Crippen LogP contribution in [0.2, 0.25) is 0 Å². The maximum atomic E-state index is 14.0. The molecule has 1 unspecified atom stereocenters. The number of likely N-dealkylation sites (N-methyl/N-ethyl adjacent to an activating group) is 1. The van der Waals surface area contributed by atoms with Gasteiger partial charge < -0.3 is 61.2 Å². The van der Waals surface area contributed by atoms with Crippen molar-refractivity contribution in [2.24, 2.45) is 0 Å². The number of fused-ring (bicyclic) bond motifs is 2. The van der Waals surface area contributed by atoms with E-state index in [1.165, 1.54) is 31.5 Å². The van der Waals surface area contributed by atoms with Crippen LogP contribution in [0.4, 0.5) is 17.6 Å². The third-order valence-electron chi connectivity index (χ3n) is 16.9. The number of alkyl halides is 4. The summed E-state index contributed by atoms with van der Waals surface area (Å²) in [7, 11) is 1.57. The van der Waals surface area contributed by atoms with E-state index in [2.05, 4.69) is 36.6 Å². The van der Waals surface area contributed by atoms with Gasteiger partial charge >= 0.3 is 17.9 Å². The van der Waals surface area contributed by atoms with Crippen LogP contribution < -0.4 is 36.1 Å². The molecular weight excluding hydrogens is 1270 g/mol. The van der Waals surface area contributed by atoms with Gasteiger partial charge in [0.05, 0.1) is 87.3 Å². The predicted octanol–water partition coefficient (Wildman–Crippen LogP) is 2.88. The number of hydrogen-bond acceptors (Lipinski definition) is 18. The molecule has 28 nitrogen and oxygen atoms in total. The van der Waals surface area contributed by atoms with Gasteiger partial charge in [-0.15, -0.1) is 0 Å². The molecule has 0 bridgehead atoms. The number of nitrogens with zero attached hydrogens (tertiary/aromatic N) is 8. The Bertz CT molecular complexity index is 3500. The molecule has 2 aromatic carbocycles. The highest BCUT2D eigenvalue weighted by Gasteiger charge is 2.48. The third kappa shape index (κ3) is 21.8. The van der Waals surface area contributed by atoms with Gasteiger partial charge in [-0.1, -0.05) is 6.42 Å². The third-order valence-corrected chi connectivity index (χ3v) is 16.9. The van der Waals surface area contributed by atoms with Gasteiger partial charge in [0.25, 0.3) is 23.7 Å². The maximum Gasteiger partial charge on any atom is 0.317 e. The number of carbonyl (C=O) groups excluding carboxylic acids is 7. The van der Waals surface area contributed by atoms with Crippen LogP contribution in [-0.2, 0) is 38.4 Å². The number of aromatic nitrogens is 2. The van der Waals surface area contributed by atoms with Crippen molar-refractivity contribution in [3.8, 4) is 17.6 Å². The molecule has 0 spiro atoms. The lowest BCUT2D eigenvalue weighted by atomic mass is 9.88. The largest absolute Gasteiger partial charge is 0.494 e. The maximum absolute atomic E-state index is 14.0. The molecule has 0 saturated carbocycles. The quantitative estimate of drug-likeness (QED) is 0.0242. The van der Waals surface area contributed by atoms with Crippen LogP contribution >= 0.6 is 0 Å². The molecule has 0 radical (unpaired) electrons. The molecule has 3 fully saturated rings. The van der Waals surface area contributed by atoms with Crippen molar-refractivity contribution in [3.63, 3.8) is 0 Å². The van der Waals surface area contributed by atoms with Crippen molar-refractivity contribution >= 4 is 81.1 Å². The Morgan fingerprint density at radius 1 is 0.646 bits per heavy atom. The Morgan fingerprint density at radius 2 is 1.17 bits per heavy atom. The van der Waals surface area contributed by atoms with E-state index in [4.69, 9.17) is 9.47 Å². The van der Waals surface area contributed by atoms with Crippen molar-refractivity contribution in [1.82, 2.24) is 61.1 Å². The summed E-state index contributed by atoms with van der Waals surface area (Å²) in [5, 5.41) is 52.6. The highest BCUT2D eigenvalue weighted by Crippen LogP contribution is 2.34. The van der Waals surface area contributed by atoms with E-state index >= 15 is 0 Å². The molecule has 8 N–H and O–H groups in total. The van der Waals surface area contributed by atoms with Crippen molar-refractivity contribution < 1.29 is 90.3 Å². The van der Waals surface area contributed by atoms with E-state index in [1.54, 1.807) is 64.2 Å². The topological polar surface area (TPSA) is 376 Å². The average molecular weight is 1350 g/mol. The summed E-state index contributed by atoms with van der Waals surface area (Å²) >= 11 is 0. The molecule has 3 atom stereocenters. The van der Waals surface area contributed by atoms with Crippen molar-refractivity contribution in [2.75, 3.05) is 105 Å². The van der Waals surface area contributed by atoms with Crippen LogP contribution in [-0.4, -0.2) is 250 Å². The van der Waals surface area contributed by atoms with Gasteiger partial charge in [-0.05, 0) is 107 Å². The molecule has 7 amide bonds. The molecule has 0 aliphatic carbocycles. The number of pyridine rings is 2. The molecule has 3 aliphatic heterocycles. The number of likely N-dealkylation sites (tertiary alicyclic amines) is 2. The number of aliphatic carboxylic acids is 3. The number of halogens is 4. The van der Waals surface area contributed by atoms with Crippen molar-refractivity contribution in [2.45, 2.75) is 119 Å². The zero-order valence-electron chi connectivity index (χ0n) is 53.4. The van der Waals surface area contributed by atoms with Crippen LogP contribution in [0.3, 0.4) is 0 Å². The highest BCUT2D eigenvalue weighted by atomic mass is 19.3. The normalized spacial score (nSPS) is 17.8. The Morgan fingerprint density at radius 3 is 1.68 bits per heavy atom. The molecule has 7 rings (SSSR count). The number of amides is 7. The van der Waals surface area contributed by atoms with Gasteiger partial charge in [0, 0.05) is 99.7 Å². The number of nitrogens with one attached hydrogen (secondary N) is 5. The zero-order valence-corrected chi connectivity index (χ0v) is 53.4. The summed E-state index contributed by atoms with van der Waals surface area (Å²) in [5.41, 5.74) is 0.154. The smallest absolute Gasteiger partial charge is 0.317 e. The number of nitriles is 1. The average Bonchev–Trinajstić information content (AvgIpc) is 1.06. The van der Waals surface area contributed by atoms with Crippen LogP contribution in [0.5, 0.6) is 11.5 Å².